The second kappa shape index (κ2) is 5.76. The van der Waals surface area contributed by atoms with Crippen LogP contribution in [-0.2, 0) is 9.36 Å². The van der Waals surface area contributed by atoms with Gasteiger partial charge in [-0.3, -0.25) is 9.36 Å². The van der Waals surface area contributed by atoms with Crippen LogP contribution in [0.1, 0.15) is 0 Å². The molecular weight excluding hydrogens is 342 g/mol. The van der Waals surface area contributed by atoms with Gasteiger partial charge in [-0.15, -0.1) is 0 Å². The fourth-order valence-electron chi connectivity index (χ4n) is 2.82. The number of hydrogen-bond acceptors (Lipinski definition) is 2. The van der Waals surface area contributed by atoms with E-state index in [1.807, 2.05) is 0 Å². The van der Waals surface area contributed by atoms with Crippen molar-refractivity contribution in [3.8, 4) is 0 Å². The summed E-state index contributed by atoms with van der Waals surface area (Å²) >= 11 is 0. The molecule has 4 nitrogen and oxygen atoms in total. The summed E-state index contributed by atoms with van der Waals surface area (Å²) in [6.45, 7) is 0. The predicted octanol–water partition coefficient (Wildman–Crippen LogP) is 2.62. The second-order valence-electron chi connectivity index (χ2n) is 5.40. The van der Waals surface area contributed by atoms with Crippen LogP contribution in [-0.4, -0.2) is 34.0 Å². The highest BCUT2D eigenvalue weighted by Crippen LogP contribution is 2.61. The number of benzene rings is 2. The van der Waals surface area contributed by atoms with E-state index in [1.165, 1.54) is 24.3 Å². The maximum atomic E-state index is 13.7. The molecule has 3 atom stereocenters. The lowest BCUT2D eigenvalue weighted by Crippen LogP contribution is -2.27. The van der Waals surface area contributed by atoms with E-state index >= 15 is 0 Å². The Hall–Kier alpha value is -2.11. The van der Waals surface area contributed by atoms with Gasteiger partial charge < -0.3 is 5.11 Å². The topological polar surface area (TPSA) is 57.4 Å². The van der Waals surface area contributed by atoms with Crippen LogP contribution in [0, 0.1) is 0 Å². The van der Waals surface area contributed by atoms with Crippen LogP contribution < -0.4 is 10.6 Å². The number of halogens is 3. The predicted molar refractivity (Wildman–Crippen MR) is 82.9 cm³/mol. The van der Waals surface area contributed by atoms with Crippen molar-refractivity contribution in [3.05, 3.63) is 60.7 Å². The van der Waals surface area contributed by atoms with E-state index in [1.54, 1.807) is 36.4 Å². The monoisotopic (exact) mass is 355 g/mol. The molecule has 1 heterocycles. The van der Waals surface area contributed by atoms with Gasteiger partial charge >= 0.3 is 12.1 Å². The summed E-state index contributed by atoms with van der Waals surface area (Å²) in [6, 6.07) is 11.3. The molecule has 0 spiro atoms. The first-order valence-electron chi connectivity index (χ1n) is 7.07. The molecule has 0 bridgehead atoms. The number of hydrogen-bond donors (Lipinski definition) is 1. The minimum absolute atomic E-state index is 0.175. The van der Waals surface area contributed by atoms with Crippen molar-refractivity contribution >= 4 is 23.9 Å². The van der Waals surface area contributed by atoms with Gasteiger partial charge in [0.15, 0.2) is 0 Å². The lowest BCUT2D eigenvalue weighted by molar-refractivity contribution is -0.145. The van der Waals surface area contributed by atoms with Gasteiger partial charge in [-0.05, 0) is 24.3 Å². The summed E-state index contributed by atoms with van der Waals surface area (Å²) in [4.78, 5) is 11.3. The van der Waals surface area contributed by atoms with Crippen molar-refractivity contribution < 1.29 is 27.6 Å². The highest BCUT2D eigenvalue weighted by molar-refractivity contribution is 7.76. The Morgan fingerprint density at radius 1 is 0.958 bits per heavy atom. The van der Waals surface area contributed by atoms with Gasteiger partial charge in [0.2, 0.25) is 7.29 Å². The molecule has 0 radical (unpaired) electrons. The summed E-state index contributed by atoms with van der Waals surface area (Å²) < 4.78 is 54.0. The fourth-order valence-corrected chi connectivity index (χ4v) is 5.93. The summed E-state index contributed by atoms with van der Waals surface area (Å²) in [5, 5.41) is 9.50. The number of aliphatic carboxylic acids is 1. The highest BCUT2D eigenvalue weighted by atomic mass is 31.2. The third kappa shape index (κ3) is 2.64. The quantitative estimate of drug-likeness (QED) is 0.677. The number of alkyl halides is 3. The van der Waals surface area contributed by atoms with Gasteiger partial charge in [-0.1, -0.05) is 36.4 Å². The van der Waals surface area contributed by atoms with Crippen LogP contribution in [0.5, 0.6) is 0 Å². The number of carboxylic acid groups (broad SMARTS) is 1. The molecule has 8 heteroatoms. The molecule has 126 valence electrons. The smallest absolute Gasteiger partial charge is 0.406 e. The fraction of sp³-hybridized carbons (Fsp3) is 0.188. The number of nitrogens with zero attached hydrogens (tertiary/aromatic N) is 1. The zero-order valence-corrected chi connectivity index (χ0v) is 13.1. The average molecular weight is 355 g/mol. The Balaban J connectivity index is 2.17. The maximum Gasteiger partial charge on any atom is 0.406 e. The number of carboxylic acids is 1. The minimum atomic E-state index is -4.78. The largest absolute Gasteiger partial charge is 0.480 e. The molecule has 3 rings (SSSR count). The maximum absolute atomic E-state index is 13.7. The Kier molecular flexibility index (Phi) is 4.01. The van der Waals surface area contributed by atoms with E-state index < -0.39 is 31.5 Å². The van der Waals surface area contributed by atoms with Gasteiger partial charge in [0, 0.05) is 10.6 Å². The Morgan fingerprint density at radius 3 is 1.67 bits per heavy atom. The molecule has 2 aromatic rings. The van der Waals surface area contributed by atoms with Gasteiger partial charge in [-0.25, -0.2) is 4.67 Å². The van der Waals surface area contributed by atoms with Crippen molar-refractivity contribution in [2.75, 3.05) is 0 Å². The molecule has 1 aliphatic rings. The molecular formula is C16H13F3NO3P. The molecule has 0 aliphatic carbocycles. The second-order valence-corrected chi connectivity index (χ2v) is 8.04. The normalized spacial score (nSPS) is 23.7. The molecule has 1 N–H and O–H groups in total. The average Bonchev–Trinajstić information content (AvgIpc) is 3.32. The zero-order valence-electron chi connectivity index (χ0n) is 12.2. The van der Waals surface area contributed by atoms with Gasteiger partial charge in [-0.2, -0.15) is 13.2 Å². The first-order chi connectivity index (χ1) is 11.3. The van der Waals surface area contributed by atoms with E-state index in [-0.39, 0.29) is 10.6 Å². The van der Waals surface area contributed by atoms with E-state index in [0.717, 1.165) is 0 Å². The molecule has 2 aromatic carbocycles. The first-order valence-corrected chi connectivity index (χ1v) is 8.73. The highest BCUT2D eigenvalue weighted by Gasteiger charge is 2.72. The third-order valence-corrected chi connectivity index (χ3v) is 7.05. The SMILES string of the molecule is O=C(O)[C@@H]1[C@H](C(F)(F)F)N1P(=O)(c1ccccc1)c1ccccc1. The van der Waals surface area contributed by atoms with Crippen LogP contribution >= 0.6 is 7.29 Å². The van der Waals surface area contributed by atoms with Crippen molar-refractivity contribution in [1.29, 1.82) is 0 Å². The van der Waals surface area contributed by atoms with Crippen LogP contribution in [0.2, 0.25) is 0 Å². The Morgan fingerprint density at radius 2 is 1.38 bits per heavy atom. The molecule has 0 saturated carbocycles. The standard InChI is InChI=1S/C16H13F3NO3P/c17-16(18,19)14-13(15(21)22)20(14)24(23,11-7-3-1-4-8-11)12-9-5-2-6-10-12/h1-10,13-14H,(H,21,22)/t13-,14+,20?/m0/s1. The van der Waals surface area contributed by atoms with Crippen molar-refractivity contribution in [2.24, 2.45) is 0 Å². The van der Waals surface area contributed by atoms with Crippen molar-refractivity contribution in [1.82, 2.24) is 4.67 Å². The van der Waals surface area contributed by atoms with Crippen LogP contribution in [0.15, 0.2) is 60.7 Å². The number of rotatable bonds is 4. The molecule has 24 heavy (non-hydrogen) atoms. The van der Waals surface area contributed by atoms with E-state index in [9.17, 15) is 22.5 Å². The Labute approximate surface area is 136 Å². The van der Waals surface area contributed by atoms with Gasteiger partial charge in [0.25, 0.3) is 0 Å². The molecule has 1 saturated heterocycles. The summed E-state index contributed by atoms with van der Waals surface area (Å²) in [7, 11) is -3.92. The van der Waals surface area contributed by atoms with E-state index in [0.29, 0.717) is 4.67 Å². The minimum Gasteiger partial charge on any atom is -0.480 e. The van der Waals surface area contributed by atoms with Crippen LogP contribution in [0.3, 0.4) is 0 Å². The molecule has 1 aliphatic heterocycles. The molecule has 1 fully saturated rings. The van der Waals surface area contributed by atoms with Crippen molar-refractivity contribution in [2.45, 2.75) is 18.3 Å². The third-order valence-electron chi connectivity index (χ3n) is 3.91. The molecule has 0 amide bonds. The number of carbonyl (C=O) groups is 1. The first kappa shape index (κ1) is 16.7. The summed E-state index contributed by atoms with van der Waals surface area (Å²) in [5.74, 6) is -1.63. The van der Waals surface area contributed by atoms with Gasteiger partial charge in [0.05, 0.1) is 0 Å². The lowest BCUT2D eigenvalue weighted by Gasteiger charge is -2.22. The van der Waals surface area contributed by atoms with Crippen molar-refractivity contribution in [3.63, 3.8) is 0 Å². The van der Waals surface area contributed by atoms with E-state index in [2.05, 4.69) is 0 Å². The Bertz CT molecular complexity index is 752. The van der Waals surface area contributed by atoms with Crippen LogP contribution in [0.25, 0.3) is 0 Å². The molecule has 0 aromatic heterocycles. The van der Waals surface area contributed by atoms with E-state index in [4.69, 9.17) is 5.11 Å². The summed E-state index contributed by atoms with van der Waals surface area (Å²) in [5.41, 5.74) is 0. The zero-order chi connectivity index (χ0) is 17.5. The van der Waals surface area contributed by atoms with Crippen LogP contribution in [0.4, 0.5) is 13.2 Å². The van der Waals surface area contributed by atoms with Gasteiger partial charge in [0.1, 0.15) is 12.1 Å². The lowest BCUT2D eigenvalue weighted by atomic mass is 10.3. The molecule has 1 unspecified atom stereocenters. The summed E-state index contributed by atoms with van der Waals surface area (Å²) in [6.07, 6.45) is -4.78.